The number of amides is 2. The van der Waals surface area contributed by atoms with Gasteiger partial charge in [0.25, 0.3) is 0 Å². The second-order valence-corrected chi connectivity index (χ2v) is 6.96. The van der Waals surface area contributed by atoms with Gasteiger partial charge in [0.2, 0.25) is 11.8 Å². The van der Waals surface area contributed by atoms with Crippen LogP contribution in [0.3, 0.4) is 0 Å². The fraction of sp³-hybridized carbons (Fsp3) is 0.353. The van der Waals surface area contributed by atoms with Gasteiger partial charge in [-0.1, -0.05) is 0 Å². The van der Waals surface area contributed by atoms with E-state index in [9.17, 15) is 9.59 Å². The maximum absolute atomic E-state index is 12.5. The van der Waals surface area contributed by atoms with Gasteiger partial charge in [-0.05, 0) is 30.3 Å². The summed E-state index contributed by atoms with van der Waals surface area (Å²) in [7, 11) is 3.90. The average Bonchev–Trinajstić information content (AvgIpc) is 3.04. The molecule has 1 aliphatic rings. The lowest BCUT2D eigenvalue weighted by Crippen LogP contribution is -2.43. The van der Waals surface area contributed by atoms with E-state index in [1.165, 1.54) is 6.92 Å². The molecule has 1 N–H and O–H groups in total. The first kappa shape index (κ1) is 16.6. The number of pyridine rings is 1. The number of nitrogens with zero attached hydrogens (tertiary/aromatic N) is 3. The molecule has 2 amide bonds. The van der Waals surface area contributed by atoms with E-state index < -0.39 is 6.04 Å². The summed E-state index contributed by atoms with van der Waals surface area (Å²) in [6.07, 6.45) is 0. The predicted molar refractivity (Wildman–Crippen MR) is 98.3 cm³/mol. The third kappa shape index (κ3) is 3.31. The monoisotopic (exact) mass is 344 g/mol. The molecule has 0 radical (unpaired) electrons. The minimum absolute atomic E-state index is 0.0703. The average molecular weight is 344 g/mol. The van der Waals surface area contributed by atoms with Gasteiger partial charge in [0.1, 0.15) is 11.9 Å². The van der Waals surface area contributed by atoms with Gasteiger partial charge in [-0.3, -0.25) is 9.59 Å². The maximum Gasteiger partial charge on any atom is 0.248 e. The van der Waals surface area contributed by atoms with Crippen molar-refractivity contribution < 1.29 is 9.59 Å². The zero-order valence-electron chi connectivity index (χ0n) is 13.9. The zero-order valence-corrected chi connectivity index (χ0v) is 14.8. The van der Waals surface area contributed by atoms with Crippen LogP contribution in [0.1, 0.15) is 6.92 Å². The topological polar surface area (TPSA) is 65.5 Å². The van der Waals surface area contributed by atoms with Gasteiger partial charge in [-0.15, -0.1) is 11.8 Å². The van der Waals surface area contributed by atoms with Crippen molar-refractivity contribution in [2.24, 2.45) is 0 Å². The molecule has 0 saturated carbocycles. The SMILES string of the molecule is CC(=O)N1CSCC1C(=O)Nc1ccc2nc(N(C)C)ccc2c1. The van der Waals surface area contributed by atoms with Gasteiger partial charge < -0.3 is 15.1 Å². The molecule has 2 aromatic rings. The van der Waals surface area contributed by atoms with Crippen LogP contribution >= 0.6 is 11.8 Å². The van der Waals surface area contributed by atoms with E-state index in [0.29, 0.717) is 17.3 Å². The molecule has 2 heterocycles. The Morgan fingerprint density at radius 3 is 2.79 bits per heavy atom. The Kier molecular flexibility index (Phi) is 4.62. The number of carbonyl (C=O) groups excluding carboxylic acids is 2. The molecule has 7 heteroatoms. The Hall–Kier alpha value is -2.28. The summed E-state index contributed by atoms with van der Waals surface area (Å²) in [6, 6.07) is 9.16. The summed E-state index contributed by atoms with van der Waals surface area (Å²) in [4.78, 5) is 32.2. The van der Waals surface area contributed by atoms with E-state index in [1.54, 1.807) is 16.7 Å². The van der Waals surface area contributed by atoms with Crippen molar-refractivity contribution in [3.8, 4) is 0 Å². The highest BCUT2D eigenvalue weighted by Gasteiger charge is 2.32. The third-order valence-corrected chi connectivity index (χ3v) is 5.00. The lowest BCUT2D eigenvalue weighted by molar-refractivity contribution is -0.134. The summed E-state index contributed by atoms with van der Waals surface area (Å²) in [5.41, 5.74) is 1.59. The fourth-order valence-electron chi connectivity index (χ4n) is 2.64. The quantitative estimate of drug-likeness (QED) is 0.924. The Labute approximate surface area is 145 Å². The van der Waals surface area contributed by atoms with Crippen LogP contribution in [0.15, 0.2) is 30.3 Å². The Morgan fingerprint density at radius 2 is 2.08 bits per heavy atom. The number of benzene rings is 1. The van der Waals surface area contributed by atoms with E-state index in [2.05, 4.69) is 10.3 Å². The molecule has 1 fully saturated rings. The second-order valence-electron chi connectivity index (χ2n) is 5.97. The van der Waals surface area contributed by atoms with Gasteiger partial charge in [-0.2, -0.15) is 0 Å². The molecule has 3 rings (SSSR count). The first-order valence-corrected chi connectivity index (χ1v) is 8.85. The zero-order chi connectivity index (χ0) is 17.3. The summed E-state index contributed by atoms with van der Waals surface area (Å²) < 4.78 is 0. The van der Waals surface area contributed by atoms with Gasteiger partial charge in [0.05, 0.1) is 11.4 Å². The molecule has 1 aliphatic heterocycles. The van der Waals surface area contributed by atoms with Crippen molar-refractivity contribution >= 4 is 46.0 Å². The normalized spacial score (nSPS) is 17.1. The van der Waals surface area contributed by atoms with Crippen molar-refractivity contribution in [2.75, 3.05) is 35.9 Å². The highest BCUT2D eigenvalue weighted by Crippen LogP contribution is 2.24. The number of hydrogen-bond acceptors (Lipinski definition) is 5. The lowest BCUT2D eigenvalue weighted by atomic mass is 10.2. The number of anilines is 2. The van der Waals surface area contributed by atoms with Crippen LogP contribution in [0.2, 0.25) is 0 Å². The van der Waals surface area contributed by atoms with Gasteiger partial charge >= 0.3 is 0 Å². The molecule has 1 saturated heterocycles. The van der Waals surface area contributed by atoms with E-state index in [4.69, 9.17) is 0 Å². The smallest absolute Gasteiger partial charge is 0.248 e. The standard InChI is InChI=1S/C17H20N4O2S/c1-11(22)21-10-24-9-15(21)17(23)18-13-5-6-14-12(8-13)4-7-16(19-14)20(2)3/h4-8,15H,9-10H2,1-3H3,(H,18,23). The van der Waals surface area contributed by atoms with E-state index >= 15 is 0 Å². The van der Waals surface area contributed by atoms with Gasteiger partial charge in [0, 0.05) is 37.8 Å². The van der Waals surface area contributed by atoms with E-state index in [-0.39, 0.29) is 11.8 Å². The molecule has 126 valence electrons. The Morgan fingerprint density at radius 1 is 1.29 bits per heavy atom. The van der Waals surface area contributed by atoms with Crippen molar-refractivity contribution in [3.63, 3.8) is 0 Å². The van der Waals surface area contributed by atoms with Crippen molar-refractivity contribution in [1.82, 2.24) is 9.88 Å². The van der Waals surface area contributed by atoms with Crippen LogP contribution in [0, 0.1) is 0 Å². The number of thioether (sulfide) groups is 1. The summed E-state index contributed by atoms with van der Waals surface area (Å²) >= 11 is 1.59. The third-order valence-electron chi connectivity index (χ3n) is 3.99. The molecule has 1 unspecified atom stereocenters. The molecule has 0 spiro atoms. The molecule has 6 nitrogen and oxygen atoms in total. The number of aromatic nitrogens is 1. The summed E-state index contributed by atoms with van der Waals surface area (Å²) in [5.74, 6) is 1.88. The number of fused-ring (bicyclic) bond motifs is 1. The van der Waals surface area contributed by atoms with Crippen LogP contribution < -0.4 is 10.2 Å². The molecular weight excluding hydrogens is 324 g/mol. The first-order chi connectivity index (χ1) is 11.5. The van der Waals surface area contributed by atoms with E-state index in [0.717, 1.165) is 16.7 Å². The van der Waals surface area contributed by atoms with Crippen molar-refractivity contribution in [2.45, 2.75) is 13.0 Å². The molecular formula is C17H20N4O2S. The van der Waals surface area contributed by atoms with Crippen molar-refractivity contribution in [1.29, 1.82) is 0 Å². The fourth-order valence-corrected chi connectivity index (χ4v) is 3.86. The highest BCUT2D eigenvalue weighted by molar-refractivity contribution is 7.99. The highest BCUT2D eigenvalue weighted by atomic mass is 32.2. The minimum atomic E-state index is -0.405. The largest absolute Gasteiger partial charge is 0.363 e. The maximum atomic E-state index is 12.5. The Balaban J connectivity index is 1.79. The molecule has 24 heavy (non-hydrogen) atoms. The molecule has 1 aromatic carbocycles. The molecule has 1 aromatic heterocycles. The Bertz CT molecular complexity index is 793. The van der Waals surface area contributed by atoms with Gasteiger partial charge in [0.15, 0.2) is 0 Å². The number of nitrogens with one attached hydrogen (secondary N) is 1. The number of rotatable bonds is 3. The molecule has 1 atom stereocenters. The second kappa shape index (κ2) is 6.68. The summed E-state index contributed by atoms with van der Waals surface area (Å²) in [5, 5.41) is 3.87. The lowest BCUT2D eigenvalue weighted by Gasteiger charge is -2.21. The molecule has 0 aliphatic carbocycles. The van der Waals surface area contributed by atoms with E-state index in [1.807, 2.05) is 49.3 Å². The predicted octanol–water partition coefficient (Wildman–Crippen LogP) is 2.16. The minimum Gasteiger partial charge on any atom is -0.363 e. The van der Waals surface area contributed by atoms with Crippen LogP contribution in [0.4, 0.5) is 11.5 Å². The molecule has 0 bridgehead atoms. The summed E-state index contributed by atoms with van der Waals surface area (Å²) in [6.45, 7) is 1.50. The van der Waals surface area contributed by atoms with Crippen LogP contribution in [-0.4, -0.2) is 53.5 Å². The number of hydrogen-bond donors (Lipinski definition) is 1. The van der Waals surface area contributed by atoms with Crippen LogP contribution in [-0.2, 0) is 9.59 Å². The van der Waals surface area contributed by atoms with Crippen LogP contribution in [0.25, 0.3) is 10.9 Å². The number of carbonyl (C=O) groups is 2. The first-order valence-electron chi connectivity index (χ1n) is 7.69. The van der Waals surface area contributed by atoms with Crippen molar-refractivity contribution in [3.05, 3.63) is 30.3 Å². The van der Waals surface area contributed by atoms with Crippen LogP contribution in [0.5, 0.6) is 0 Å². The van der Waals surface area contributed by atoms with Gasteiger partial charge in [-0.25, -0.2) is 4.98 Å².